The average Bonchev–Trinajstić information content (AvgIpc) is 3.37. The lowest BCUT2D eigenvalue weighted by Crippen LogP contribution is -2.34. The molecule has 4 nitrogen and oxygen atoms in total. The summed E-state index contributed by atoms with van der Waals surface area (Å²) < 4.78 is 1.88. The normalized spacial score (nSPS) is 14.8. The van der Waals surface area contributed by atoms with Crippen LogP contribution in [0.3, 0.4) is 0 Å². The number of carbonyl (C=O) groups is 1. The number of thiophene rings is 1. The first-order valence-electron chi connectivity index (χ1n) is 8.97. The number of nitrogens with zero attached hydrogens (tertiary/aromatic N) is 3. The molecule has 132 valence electrons. The van der Waals surface area contributed by atoms with Gasteiger partial charge in [-0.25, -0.2) is 4.68 Å². The summed E-state index contributed by atoms with van der Waals surface area (Å²) in [6.07, 6.45) is 9.01. The maximum absolute atomic E-state index is 12.5. The van der Waals surface area contributed by atoms with Crippen molar-refractivity contribution in [2.45, 2.75) is 19.3 Å². The molecule has 1 fully saturated rings. The van der Waals surface area contributed by atoms with E-state index in [0.717, 1.165) is 47.8 Å². The van der Waals surface area contributed by atoms with Crippen molar-refractivity contribution in [1.29, 1.82) is 0 Å². The number of para-hydroxylation sites is 1. The number of aromatic nitrogens is 2. The van der Waals surface area contributed by atoms with Crippen molar-refractivity contribution >= 4 is 23.3 Å². The van der Waals surface area contributed by atoms with Crippen LogP contribution in [0.2, 0.25) is 0 Å². The van der Waals surface area contributed by atoms with Gasteiger partial charge < -0.3 is 4.90 Å². The van der Waals surface area contributed by atoms with Crippen molar-refractivity contribution in [1.82, 2.24) is 14.7 Å². The third-order valence-corrected chi connectivity index (χ3v) is 5.47. The Hall–Kier alpha value is -2.66. The van der Waals surface area contributed by atoms with Gasteiger partial charge in [-0.1, -0.05) is 24.3 Å². The van der Waals surface area contributed by atoms with Crippen LogP contribution in [-0.4, -0.2) is 33.7 Å². The van der Waals surface area contributed by atoms with Crippen molar-refractivity contribution < 1.29 is 4.79 Å². The van der Waals surface area contributed by atoms with E-state index in [-0.39, 0.29) is 5.91 Å². The molecule has 2 aromatic heterocycles. The highest BCUT2D eigenvalue weighted by atomic mass is 32.1. The highest BCUT2D eigenvalue weighted by molar-refractivity contribution is 7.13. The largest absolute Gasteiger partial charge is 0.339 e. The standard InChI is InChI=1S/C21H21N3OS/c25-20(23-13-5-2-6-14-23)12-11-17-16-24(18-8-3-1-4-9-18)22-21(17)19-10-7-15-26-19/h1,3-4,7-12,15-16H,2,5-6,13-14H2/b12-11+. The number of amides is 1. The van der Waals surface area contributed by atoms with Gasteiger partial charge in [-0.05, 0) is 48.9 Å². The quantitative estimate of drug-likeness (QED) is 0.634. The number of rotatable bonds is 4. The zero-order valence-electron chi connectivity index (χ0n) is 14.5. The van der Waals surface area contributed by atoms with Crippen molar-refractivity contribution in [3.63, 3.8) is 0 Å². The number of likely N-dealkylation sites (tertiary alicyclic amines) is 1. The van der Waals surface area contributed by atoms with Crippen molar-refractivity contribution in [3.8, 4) is 16.3 Å². The van der Waals surface area contributed by atoms with Gasteiger partial charge >= 0.3 is 0 Å². The lowest BCUT2D eigenvalue weighted by Gasteiger charge is -2.25. The molecule has 1 amide bonds. The summed E-state index contributed by atoms with van der Waals surface area (Å²) in [7, 11) is 0. The van der Waals surface area contributed by atoms with Crippen LogP contribution < -0.4 is 0 Å². The molecule has 0 unspecified atom stereocenters. The Balaban J connectivity index is 1.64. The Morgan fingerprint density at radius 1 is 1.04 bits per heavy atom. The number of carbonyl (C=O) groups excluding carboxylic acids is 1. The number of benzene rings is 1. The monoisotopic (exact) mass is 363 g/mol. The van der Waals surface area contributed by atoms with E-state index in [1.807, 2.05) is 63.6 Å². The topological polar surface area (TPSA) is 38.1 Å². The molecule has 0 bridgehead atoms. The lowest BCUT2D eigenvalue weighted by molar-refractivity contribution is -0.126. The first kappa shape index (κ1) is 16.8. The first-order valence-corrected chi connectivity index (χ1v) is 9.85. The smallest absolute Gasteiger partial charge is 0.246 e. The van der Waals surface area contributed by atoms with E-state index in [1.54, 1.807) is 17.4 Å². The lowest BCUT2D eigenvalue weighted by atomic mass is 10.1. The summed E-state index contributed by atoms with van der Waals surface area (Å²) in [5, 5.41) is 6.81. The molecule has 0 aliphatic carbocycles. The van der Waals surface area contributed by atoms with Gasteiger partial charge in [0.15, 0.2) is 0 Å². The van der Waals surface area contributed by atoms with Gasteiger partial charge in [-0.15, -0.1) is 11.3 Å². The maximum atomic E-state index is 12.5. The molecule has 0 saturated carbocycles. The molecule has 3 aromatic rings. The molecular formula is C21H21N3OS. The minimum Gasteiger partial charge on any atom is -0.339 e. The number of piperidine rings is 1. The van der Waals surface area contributed by atoms with Gasteiger partial charge in [0, 0.05) is 30.9 Å². The third kappa shape index (κ3) is 3.63. The fourth-order valence-corrected chi connectivity index (χ4v) is 3.94. The van der Waals surface area contributed by atoms with Crippen LogP contribution in [0.15, 0.2) is 60.1 Å². The predicted octanol–water partition coefficient (Wildman–Crippen LogP) is 4.63. The minimum atomic E-state index is 0.0919. The van der Waals surface area contributed by atoms with E-state index in [1.165, 1.54) is 6.42 Å². The molecule has 26 heavy (non-hydrogen) atoms. The Kier molecular flexibility index (Phi) is 4.97. The van der Waals surface area contributed by atoms with Gasteiger partial charge in [0.05, 0.1) is 10.6 Å². The summed E-state index contributed by atoms with van der Waals surface area (Å²) in [4.78, 5) is 15.5. The Morgan fingerprint density at radius 3 is 2.58 bits per heavy atom. The van der Waals surface area contributed by atoms with Crippen LogP contribution >= 0.6 is 11.3 Å². The van der Waals surface area contributed by atoms with Crippen LogP contribution in [0.5, 0.6) is 0 Å². The second-order valence-corrected chi connectivity index (χ2v) is 7.36. The SMILES string of the molecule is O=C(/C=C/c1cn(-c2ccccc2)nc1-c1cccs1)N1CCCCC1. The predicted molar refractivity (Wildman–Crippen MR) is 106 cm³/mol. The van der Waals surface area contributed by atoms with E-state index in [0.29, 0.717) is 0 Å². The molecule has 0 radical (unpaired) electrons. The van der Waals surface area contributed by atoms with Gasteiger partial charge in [0.2, 0.25) is 5.91 Å². The van der Waals surface area contributed by atoms with E-state index in [2.05, 4.69) is 6.07 Å². The molecule has 5 heteroatoms. The molecule has 1 aliphatic rings. The zero-order chi connectivity index (χ0) is 17.8. The third-order valence-electron chi connectivity index (χ3n) is 4.59. The molecule has 3 heterocycles. The second kappa shape index (κ2) is 7.70. The number of hydrogen-bond donors (Lipinski definition) is 0. The highest BCUT2D eigenvalue weighted by Crippen LogP contribution is 2.28. The van der Waals surface area contributed by atoms with Crippen molar-refractivity contribution in [2.24, 2.45) is 0 Å². The zero-order valence-corrected chi connectivity index (χ0v) is 15.4. The molecule has 1 saturated heterocycles. The first-order chi connectivity index (χ1) is 12.8. The minimum absolute atomic E-state index is 0.0919. The van der Waals surface area contributed by atoms with Crippen molar-refractivity contribution in [2.75, 3.05) is 13.1 Å². The fourth-order valence-electron chi connectivity index (χ4n) is 3.21. The number of hydrogen-bond acceptors (Lipinski definition) is 3. The van der Waals surface area contributed by atoms with E-state index < -0.39 is 0 Å². The second-order valence-electron chi connectivity index (χ2n) is 6.41. The highest BCUT2D eigenvalue weighted by Gasteiger charge is 2.15. The van der Waals surface area contributed by atoms with E-state index in [9.17, 15) is 4.79 Å². The summed E-state index contributed by atoms with van der Waals surface area (Å²) in [6.45, 7) is 1.73. The van der Waals surface area contributed by atoms with Gasteiger partial charge in [0.25, 0.3) is 0 Å². The molecule has 0 atom stereocenters. The molecule has 1 aliphatic heterocycles. The van der Waals surface area contributed by atoms with E-state index in [4.69, 9.17) is 5.10 Å². The van der Waals surface area contributed by atoms with Gasteiger partial charge in [-0.3, -0.25) is 4.79 Å². The van der Waals surface area contributed by atoms with Crippen LogP contribution in [-0.2, 0) is 4.79 Å². The summed E-state index contributed by atoms with van der Waals surface area (Å²) in [5.41, 5.74) is 2.88. The summed E-state index contributed by atoms with van der Waals surface area (Å²) >= 11 is 1.66. The Labute approximate surface area is 157 Å². The Morgan fingerprint density at radius 2 is 1.85 bits per heavy atom. The molecule has 4 rings (SSSR count). The van der Waals surface area contributed by atoms with Crippen molar-refractivity contribution in [3.05, 3.63) is 65.7 Å². The maximum Gasteiger partial charge on any atom is 0.246 e. The van der Waals surface area contributed by atoms with Crippen LogP contribution in [0, 0.1) is 0 Å². The van der Waals surface area contributed by atoms with Crippen LogP contribution in [0.25, 0.3) is 22.3 Å². The molecule has 0 spiro atoms. The van der Waals surface area contributed by atoms with Gasteiger partial charge in [-0.2, -0.15) is 5.10 Å². The van der Waals surface area contributed by atoms with E-state index >= 15 is 0 Å². The van der Waals surface area contributed by atoms with Crippen LogP contribution in [0.4, 0.5) is 0 Å². The van der Waals surface area contributed by atoms with Crippen LogP contribution in [0.1, 0.15) is 24.8 Å². The summed E-state index contributed by atoms with van der Waals surface area (Å²) in [6, 6.07) is 14.1. The molecule has 1 aromatic carbocycles. The molecule has 0 N–H and O–H groups in total. The summed E-state index contributed by atoms with van der Waals surface area (Å²) in [5.74, 6) is 0.0919. The molecular weight excluding hydrogens is 342 g/mol. The fraction of sp³-hybridized carbons (Fsp3) is 0.238. The Bertz CT molecular complexity index is 891. The van der Waals surface area contributed by atoms with Gasteiger partial charge in [0.1, 0.15) is 5.69 Å². The average molecular weight is 363 g/mol.